The van der Waals surface area contributed by atoms with E-state index >= 15 is 0 Å². The lowest BCUT2D eigenvalue weighted by Crippen LogP contribution is -2.52. The van der Waals surface area contributed by atoms with E-state index in [1.807, 2.05) is 0 Å². The molecule has 1 atom stereocenters. The summed E-state index contributed by atoms with van der Waals surface area (Å²) in [5.74, 6) is 1.36. The normalized spacial score (nSPS) is 28.5. The Morgan fingerprint density at radius 3 is 2.00 bits per heavy atom. The van der Waals surface area contributed by atoms with Crippen molar-refractivity contribution in [1.82, 2.24) is 15.1 Å². The Labute approximate surface area is 170 Å². The first-order valence-corrected chi connectivity index (χ1v) is 12.1. The van der Waals surface area contributed by atoms with Gasteiger partial charge in [0, 0.05) is 37.6 Å². The van der Waals surface area contributed by atoms with E-state index in [-0.39, 0.29) is 18.0 Å². The molecule has 0 spiro atoms. The number of urea groups is 1. The molecule has 5 heteroatoms. The zero-order chi connectivity index (χ0) is 19.3. The Morgan fingerprint density at radius 2 is 1.32 bits per heavy atom. The number of nitrogens with zero attached hydrogens (tertiary/aromatic N) is 2. The zero-order valence-electron chi connectivity index (χ0n) is 17.5. The molecule has 4 fully saturated rings. The molecule has 0 aromatic heterocycles. The van der Waals surface area contributed by atoms with Crippen LogP contribution >= 0.6 is 0 Å². The van der Waals surface area contributed by atoms with Crippen LogP contribution in [-0.4, -0.2) is 53.5 Å². The predicted octanol–water partition coefficient (Wildman–Crippen LogP) is 4.31. The summed E-state index contributed by atoms with van der Waals surface area (Å²) in [6.07, 6.45) is 16.7. The summed E-state index contributed by atoms with van der Waals surface area (Å²) in [6, 6.07) is 0.855. The molecule has 5 nitrogen and oxygen atoms in total. The highest BCUT2D eigenvalue weighted by atomic mass is 16.2. The van der Waals surface area contributed by atoms with Crippen molar-refractivity contribution in [3.63, 3.8) is 0 Å². The Hall–Kier alpha value is -1.26. The van der Waals surface area contributed by atoms with Gasteiger partial charge in [0.15, 0.2) is 0 Å². The third-order valence-corrected chi connectivity index (χ3v) is 7.84. The summed E-state index contributed by atoms with van der Waals surface area (Å²) in [7, 11) is 0. The van der Waals surface area contributed by atoms with Crippen molar-refractivity contribution < 1.29 is 9.59 Å². The summed E-state index contributed by atoms with van der Waals surface area (Å²) >= 11 is 0. The summed E-state index contributed by atoms with van der Waals surface area (Å²) in [5.41, 5.74) is 0. The minimum atomic E-state index is 0.158. The monoisotopic (exact) mass is 389 g/mol. The van der Waals surface area contributed by atoms with Crippen molar-refractivity contribution in [2.75, 3.05) is 19.6 Å². The van der Waals surface area contributed by atoms with Crippen LogP contribution in [0.4, 0.5) is 4.79 Å². The smallest absolute Gasteiger partial charge is 0.317 e. The van der Waals surface area contributed by atoms with E-state index in [0.29, 0.717) is 11.9 Å². The van der Waals surface area contributed by atoms with Crippen LogP contribution in [0.5, 0.6) is 0 Å². The van der Waals surface area contributed by atoms with Gasteiger partial charge in [-0.1, -0.05) is 38.5 Å². The quantitative estimate of drug-likeness (QED) is 0.782. The van der Waals surface area contributed by atoms with Crippen molar-refractivity contribution in [3.05, 3.63) is 0 Å². The van der Waals surface area contributed by atoms with Crippen LogP contribution in [0.3, 0.4) is 0 Å². The number of nitrogens with one attached hydrogen (secondary N) is 1. The molecule has 1 N–H and O–H groups in total. The largest absolute Gasteiger partial charge is 0.342 e. The van der Waals surface area contributed by atoms with Gasteiger partial charge in [-0.2, -0.15) is 0 Å². The first-order valence-electron chi connectivity index (χ1n) is 12.1. The third-order valence-electron chi connectivity index (χ3n) is 7.84. The number of hydrogen-bond acceptors (Lipinski definition) is 2. The molecule has 0 aromatic rings. The van der Waals surface area contributed by atoms with Crippen LogP contribution in [0.1, 0.15) is 89.9 Å². The lowest BCUT2D eigenvalue weighted by molar-refractivity contribution is -0.137. The van der Waals surface area contributed by atoms with Crippen LogP contribution in [0.15, 0.2) is 0 Å². The SMILES string of the molecule is O=C(C1CCCCC1)N1CCC(NC(=O)N2CCC[C@@H]2C2CCCCC2)CC1. The van der Waals surface area contributed by atoms with Crippen molar-refractivity contribution in [3.8, 4) is 0 Å². The van der Waals surface area contributed by atoms with Gasteiger partial charge in [0.1, 0.15) is 0 Å². The molecule has 3 amide bonds. The Balaban J connectivity index is 1.24. The number of carbonyl (C=O) groups excluding carboxylic acids is 2. The van der Waals surface area contributed by atoms with E-state index in [1.165, 1.54) is 57.8 Å². The summed E-state index contributed by atoms with van der Waals surface area (Å²) in [6.45, 7) is 2.55. The van der Waals surface area contributed by atoms with Gasteiger partial charge in [0.2, 0.25) is 5.91 Å². The number of rotatable bonds is 3. The third kappa shape index (κ3) is 4.65. The molecule has 2 saturated heterocycles. The van der Waals surface area contributed by atoms with Gasteiger partial charge in [-0.05, 0) is 57.3 Å². The van der Waals surface area contributed by atoms with Gasteiger partial charge in [-0.25, -0.2) is 4.79 Å². The molecule has 2 aliphatic carbocycles. The van der Waals surface area contributed by atoms with Gasteiger partial charge in [-0.15, -0.1) is 0 Å². The fraction of sp³-hybridized carbons (Fsp3) is 0.913. The zero-order valence-corrected chi connectivity index (χ0v) is 17.5. The standard InChI is InChI=1S/C23H39N3O2/c27-22(19-10-5-2-6-11-19)25-16-13-20(14-17-25)24-23(28)26-15-7-12-21(26)18-8-3-1-4-9-18/h18-21H,1-17H2,(H,24,28)/t21-/m1/s1. The van der Waals surface area contributed by atoms with E-state index in [9.17, 15) is 9.59 Å². The van der Waals surface area contributed by atoms with Crippen molar-refractivity contribution in [2.45, 2.75) is 102 Å². The lowest BCUT2D eigenvalue weighted by Gasteiger charge is -2.38. The second kappa shape index (κ2) is 9.49. The van der Waals surface area contributed by atoms with Crippen LogP contribution in [0.25, 0.3) is 0 Å². The maximum atomic E-state index is 13.0. The number of likely N-dealkylation sites (tertiary alicyclic amines) is 2. The van der Waals surface area contributed by atoms with Crippen molar-refractivity contribution >= 4 is 11.9 Å². The van der Waals surface area contributed by atoms with E-state index < -0.39 is 0 Å². The van der Waals surface area contributed by atoms with Crippen molar-refractivity contribution in [1.29, 1.82) is 0 Å². The minimum absolute atomic E-state index is 0.158. The van der Waals surface area contributed by atoms with Gasteiger partial charge < -0.3 is 15.1 Å². The van der Waals surface area contributed by atoms with E-state index in [2.05, 4.69) is 15.1 Å². The summed E-state index contributed by atoms with van der Waals surface area (Å²) in [5, 5.41) is 3.32. The van der Waals surface area contributed by atoms with Crippen molar-refractivity contribution in [2.24, 2.45) is 11.8 Å². The van der Waals surface area contributed by atoms with Crippen LogP contribution in [-0.2, 0) is 4.79 Å². The second-order valence-corrected chi connectivity index (χ2v) is 9.69. The lowest BCUT2D eigenvalue weighted by atomic mass is 9.83. The molecule has 0 bridgehead atoms. The van der Waals surface area contributed by atoms with Gasteiger partial charge in [0.25, 0.3) is 0 Å². The molecule has 2 aliphatic heterocycles. The molecule has 28 heavy (non-hydrogen) atoms. The maximum Gasteiger partial charge on any atom is 0.317 e. The molecule has 2 saturated carbocycles. The van der Waals surface area contributed by atoms with Crippen LogP contribution < -0.4 is 5.32 Å². The molecule has 158 valence electrons. The van der Waals surface area contributed by atoms with Gasteiger partial charge in [-0.3, -0.25) is 4.79 Å². The molecule has 0 radical (unpaired) electrons. The number of hydrogen-bond donors (Lipinski definition) is 1. The number of amides is 3. The molecular weight excluding hydrogens is 350 g/mol. The molecular formula is C23H39N3O2. The topological polar surface area (TPSA) is 52.7 Å². The number of carbonyl (C=O) groups is 2. The predicted molar refractivity (Wildman–Crippen MR) is 111 cm³/mol. The van der Waals surface area contributed by atoms with Gasteiger partial charge in [0.05, 0.1) is 0 Å². The fourth-order valence-corrected chi connectivity index (χ4v) is 6.16. The summed E-state index contributed by atoms with van der Waals surface area (Å²) in [4.78, 5) is 29.9. The van der Waals surface area contributed by atoms with Gasteiger partial charge >= 0.3 is 6.03 Å². The molecule has 4 aliphatic rings. The average Bonchev–Trinajstić information content (AvgIpc) is 3.25. The molecule has 2 heterocycles. The highest BCUT2D eigenvalue weighted by Crippen LogP contribution is 2.34. The summed E-state index contributed by atoms with van der Waals surface area (Å²) < 4.78 is 0. The van der Waals surface area contributed by atoms with E-state index in [0.717, 1.165) is 57.7 Å². The Morgan fingerprint density at radius 1 is 0.679 bits per heavy atom. The first-order chi connectivity index (χ1) is 13.7. The first kappa shape index (κ1) is 20.0. The molecule has 4 rings (SSSR count). The van der Waals surface area contributed by atoms with E-state index in [1.54, 1.807) is 0 Å². The van der Waals surface area contributed by atoms with Crippen LogP contribution in [0.2, 0.25) is 0 Å². The average molecular weight is 390 g/mol. The second-order valence-electron chi connectivity index (χ2n) is 9.69. The maximum absolute atomic E-state index is 13.0. The Kier molecular flexibility index (Phi) is 6.79. The molecule has 0 aromatic carbocycles. The minimum Gasteiger partial charge on any atom is -0.342 e. The highest BCUT2D eigenvalue weighted by molar-refractivity contribution is 5.79. The highest BCUT2D eigenvalue weighted by Gasteiger charge is 2.36. The molecule has 0 unspecified atom stereocenters. The fourth-order valence-electron chi connectivity index (χ4n) is 6.16. The van der Waals surface area contributed by atoms with Crippen LogP contribution in [0, 0.1) is 11.8 Å². The Bertz CT molecular complexity index is 532. The number of piperidine rings is 1. The van der Waals surface area contributed by atoms with E-state index in [4.69, 9.17) is 0 Å².